The van der Waals surface area contributed by atoms with E-state index in [9.17, 15) is 9.59 Å². The number of H-pyrrole nitrogens is 1. The zero-order valence-electron chi connectivity index (χ0n) is 17.6. The smallest absolute Gasteiger partial charge is 0.338 e. The highest BCUT2D eigenvalue weighted by atomic mass is 16.5. The number of imidazole rings is 1. The van der Waals surface area contributed by atoms with E-state index >= 15 is 0 Å². The molecule has 0 saturated carbocycles. The lowest BCUT2D eigenvalue weighted by atomic mass is 10.2. The van der Waals surface area contributed by atoms with Gasteiger partial charge in [0.05, 0.1) is 36.3 Å². The summed E-state index contributed by atoms with van der Waals surface area (Å²) in [5.74, 6) is 0.550. The fourth-order valence-electron chi connectivity index (χ4n) is 3.71. The summed E-state index contributed by atoms with van der Waals surface area (Å²) in [6.07, 6.45) is 0. The fraction of sp³-hybridized carbons (Fsp3) is 0.348. The Morgan fingerprint density at radius 2 is 1.74 bits per heavy atom. The first kappa shape index (κ1) is 21.0. The number of hydrogen-bond donors (Lipinski definition) is 2. The van der Waals surface area contributed by atoms with Crippen molar-refractivity contribution >= 4 is 28.6 Å². The van der Waals surface area contributed by atoms with Crippen molar-refractivity contribution in [2.75, 3.05) is 44.6 Å². The van der Waals surface area contributed by atoms with Gasteiger partial charge in [0, 0.05) is 31.9 Å². The van der Waals surface area contributed by atoms with E-state index in [0.717, 1.165) is 49.6 Å². The third-order valence-electron chi connectivity index (χ3n) is 5.32. The summed E-state index contributed by atoms with van der Waals surface area (Å²) in [6.45, 7) is 6.66. The molecule has 1 aromatic heterocycles. The van der Waals surface area contributed by atoms with Crippen LogP contribution in [0.25, 0.3) is 11.0 Å². The SMILES string of the molecule is CCOC(=O)c1ccc(NC(=O)CN2CCN(Cc3nc4ccccc4[nH]3)CC2)cc1. The van der Waals surface area contributed by atoms with E-state index in [1.165, 1.54) is 0 Å². The molecule has 0 aliphatic carbocycles. The van der Waals surface area contributed by atoms with Gasteiger partial charge in [0.2, 0.25) is 5.91 Å². The lowest BCUT2D eigenvalue weighted by molar-refractivity contribution is -0.117. The quantitative estimate of drug-likeness (QED) is 0.570. The third-order valence-corrected chi connectivity index (χ3v) is 5.32. The molecule has 2 N–H and O–H groups in total. The standard InChI is InChI=1S/C23H27N5O3/c1-2-31-23(30)17-7-9-18(10-8-17)24-22(29)16-28-13-11-27(12-14-28)15-21-25-19-5-3-4-6-20(19)26-21/h3-10H,2,11-16H2,1H3,(H,24,29)(H,25,26). The first-order valence-electron chi connectivity index (χ1n) is 10.6. The highest BCUT2D eigenvalue weighted by molar-refractivity contribution is 5.94. The number of amides is 1. The van der Waals surface area contributed by atoms with Gasteiger partial charge in [0.1, 0.15) is 5.82 Å². The Morgan fingerprint density at radius 1 is 1.03 bits per heavy atom. The Balaban J connectivity index is 1.22. The van der Waals surface area contributed by atoms with Crippen molar-refractivity contribution in [3.8, 4) is 0 Å². The number of aromatic nitrogens is 2. The van der Waals surface area contributed by atoms with Crippen LogP contribution >= 0.6 is 0 Å². The van der Waals surface area contributed by atoms with Crippen LogP contribution in [0.15, 0.2) is 48.5 Å². The number of carbonyl (C=O) groups excluding carboxylic acids is 2. The second kappa shape index (κ2) is 9.72. The Bertz CT molecular complexity index is 1010. The largest absolute Gasteiger partial charge is 0.462 e. The van der Waals surface area contributed by atoms with Gasteiger partial charge in [-0.05, 0) is 43.3 Å². The number of aromatic amines is 1. The Hall–Kier alpha value is -3.23. The van der Waals surface area contributed by atoms with E-state index in [1.807, 2.05) is 24.3 Å². The predicted octanol–water partition coefficient (Wildman–Crippen LogP) is 2.50. The number of carbonyl (C=O) groups is 2. The number of para-hydroxylation sites is 2. The summed E-state index contributed by atoms with van der Waals surface area (Å²) < 4.78 is 4.97. The first-order valence-corrected chi connectivity index (χ1v) is 10.6. The highest BCUT2D eigenvalue weighted by Crippen LogP contribution is 2.14. The Kier molecular flexibility index (Phi) is 6.59. The number of esters is 1. The van der Waals surface area contributed by atoms with Gasteiger partial charge in [-0.15, -0.1) is 0 Å². The van der Waals surface area contributed by atoms with Crippen molar-refractivity contribution in [3.05, 3.63) is 59.9 Å². The van der Waals surface area contributed by atoms with Crippen LogP contribution in [0.3, 0.4) is 0 Å². The van der Waals surface area contributed by atoms with E-state index in [4.69, 9.17) is 4.74 Å². The predicted molar refractivity (Wildman–Crippen MR) is 119 cm³/mol. The van der Waals surface area contributed by atoms with Gasteiger partial charge in [0.15, 0.2) is 0 Å². The Labute approximate surface area is 181 Å². The van der Waals surface area contributed by atoms with Crippen LogP contribution in [0.1, 0.15) is 23.1 Å². The molecular weight excluding hydrogens is 394 g/mol. The van der Waals surface area contributed by atoms with Gasteiger partial charge in [-0.2, -0.15) is 0 Å². The molecule has 1 amide bonds. The second-order valence-electron chi connectivity index (χ2n) is 7.60. The van der Waals surface area contributed by atoms with Crippen molar-refractivity contribution in [1.29, 1.82) is 0 Å². The number of hydrogen-bond acceptors (Lipinski definition) is 6. The number of nitrogens with one attached hydrogen (secondary N) is 2. The van der Waals surface area contributed by atoms with Crippen LogP contribution < -0.4 is 5.32 Å². The molecule has 0 unspecified atom stereocenters. The van der Waals surface area contributed by atoms with Crippen molar-refractivity contribution in [2.45, 2.75) is 13.5 Å². The summed E-state index contributed by atoms with van der Waals surface area (Å²) in [5.41, 5.74) is 3.19. The number of rotatable bonds is 7. The molecule has 162 valence electrons. The van der Waals surface area contributed by atoms with Gasteiger partial charge in [-0.25, -0.2) is 9.78 Å². The molecule has 8 heteroatoms. The van der Waals surface area contributed by atoms with Gasteiger partial charge in [-0.3, -0.25) is 14.6 Å². The molecule has 0 spiro atoms. The van der Waals surface area contributed by atoms with Crippen LogP contribution in [0, 0.1) is 0 Å². The zero-order valence-corrected chi connectivity index (χ0v) is 17.6. The maximum atomic E-state index is 12.4. The normalized spacial score (nSPS) is 15.1. The molecule has 1 saturated heterocycles. The van der Waals surface area contributed by atoms with Gasteiger partial charge < -0.3 is 15.0 Å². The molecule has 0 bridgehead atoms. The molecule has 8 nitrogen and oxygen atoms in total. The number of anilines is 1. The lowest BCUT2D eigenvalue weighted by Gasteiger charge is -2.33. The fourth-order valence-corrected chi connectivity index (χ4v) is 3.71. The average molecular weight is 422 g/mol. The van der Waals surface area contributed by atoms with Crippen molar-refractivity contribution in [2.24, 2.45) is 0 Å². The molecule has 1 aliphatic heterocycles. The second-order valence-corrected chi connectivity index (χ2v) is 7.60. The van der Waals surface area contributed by atoms with Crippen LogP contribution in [0.2, 0.25) is 0 Å². The van der Waals surface area contributed by atoms with Crippen molar-refractivity contribution < 1.29 is 14.3 Å². The van der Waals surface area contributed by atoms with Crippen molar-refractivity contribution in [1.82, 2.24) is 19.8 Å². The minimum atomic E-state index is -0.360. The van der Waals surface area contributed by atoms with E-state index < -0.39 is 0 Å². The number of fused-ring (bicyclic) bond motifs is 1. The molecule has 1 aliphatic rings. The molecule has 0 radical (unpaired) electrons. The van der Waals surface area contributed by atoms with Crippen LogP contribution in [-0.2, 0) is 16.1 Å². The molecule has 3 aromatic rings. The minimum Gasteiger partial charge on any atom is -0.462 e. The summed E-state index contributed by atoms with van der Waals surface area (Å²) >= 11 is 0. The van der Waals surface area contributed by atoms with E-state index in [1.54, 1.807) is 31.2 Å². The first-order chi connectivity index (χ1) is 15.1. The zero-order chi connectivity index (χ0) is 21.6. The monoisotopic (exact) mass is 421 g/mol. The van der Waals surface area contributed by atoms with Crippen LogP contribution in [-0.4, -0.2) is 71.0 Å². The molecule has 2 heterocycles. The van der Waals surface area contributed by atoms with Gasteiger partial charge in [0.25, 0.3) is 0 Å². The molecule has 1 fully saturated rings. The van der Waals surface area contributed by atoms with E-state index in [2.05, 4.69) is 25.1 Å². The molecule has 2 aromatic carbocycles. The van der Waals surface area contributed by atoms with Gasteiger partial charge in [-0.1, -0.05) is 12.1 Å². The topological polar surface area (TPSA) is 90.6 Å². The van der Waals surface area contributed by atoms with E-state index in [-0.39, 0.29) is 11.9 Å². The summed E-state index contributed by atoms with van der Waals surface area (Å²) in [4.78, 5) is 36.6. The Morgan fingerprint density at radius 3 is 2.45 bits per heavy atom. The third kappa shape index (κ3) is 5.48. The molecule has 31 heavy (non-hydrogen) atoms. The summed E-state index contributed by atoms with van der Waals surface area (Å²) in [7, 11) is 0. The average Bonchev–Trinajstić information content (AvgIpc) is 3.18. The number of benzene rings is 2. The number of nitrogens with zero attached hydrogens (tertiary/aromatic N) is 3. The van der Waals surface area contributed by atoms with Crippen LogP contribution in [0.4, 0.5) is 5.69 Å². The maximum absolute atomic E-state index is 12.4. The summed E-state index contributed by atoms with van der Waals surface area (Å²) in [5, 5.41) is 2.89. The van der Waals surface area contributed by atoms with Crippen molar-refractivity contribution in [3.63, 3.8) is 0 Å². The number of piperazine rings is 1. The maximum Gasteiger partial charge on any atom is 0.338 e. The minimum absolute atomic E-state index is 0.0605. The number of ether oxygens (including phenoxy) is 1. The highest BCUT2D eigenvalue weighted by Gasteiger charge is 2.20. The van der Waals surface area contributed by atoms with Crippen LogP contribution in [0.5, 0.6) is 0 Å². The van der Waals surface area contributed by atoms with Gasteiger partial charge >= 0.3 is 5.97 Å². The van der Waals surface area contributed by atoms with E-state index in [0.29, 0.717) is 24.4 Å². The molecule has 0 atom stereocenters. The molecular formula is C23H27N5O3. The summed E-state index contributed by atoms with van der Waals surface area (Å²) in [6, 6.07) is 14.8. The lowest BCUT2D eigenvalue weighted by Crippen LogP contribution is -2.48. The molecule has 4 rings (SSSR count).